The smallest absolute Gasteiger partial charge is 0.225 e. The molecule has 2 aliphatic heterocycles. The maximum atomic E-state index is 6.09. The molecule has 0 amide bonds. The van der Waals surface area contributed by atoms with Crippen molar-refractivity contribution in [1.82, 2.24) is 19.9 Å². The lowest BCUT2D eigenvalue weighted by Gasteiger charge is -2.31. The number of aromatic nitrogens is 4. The Morgan fingerprint density at radius 1 is 1.03 bits per heavy atom. The first-order valence-corrected chi connectivity index (χ1v) is 11.4. The van der Waals surface area contributed by atoms with E-state index in [1.165, 1.54) is 22.4 Å². The van der Waals surface area contributed by atoms with Gasteiger partial charge in [0, 0.05) is 30.9 Å². The SMILES string of the molecule is Cc1ccc2c(c1)CCN2c1ncnc2c(C3CCN(c4ncc(Cl)cn4)CC3)coc12. The van der Waals surface area contributed by atoms with Crippen molar-refractivity contribution in [1.29, 1.82) is 0 Å². The van der Waals surface area contributed by atoms with E-state index < -0.39 is 0 Å². The van der Waals surface area contributed by atoms with E-state index in [2.05, 4.69) is 54.9 Å². The normalized spacial score (nSPS) is 16.7. The van der Waals surface area contributed by atoms with Gasteiger partial charge in [-0.25, -0.2) is 19.9 Å². The predicted molar refractivity (Wildman–Crippen MR) is 125 cm³/mol. The number of anilines is 3. The summed E-state index contributed by atoms with van der Waals surface area (Å²) in [5.74, 6) is 1.98. The quantitative estimate of drug-likeness (QED) is 0.436. The molecule has 1 saturated heterocycles. The van der Waals surface area contributed by atoms with Gasteiger partial charge in [-0.1, -0.05) is 29.3 Å². The minimum atomic E-state index is 0.385. The topological polar surface area (TPSA) is 71.2 Å². The third-order valence-electron chi connectivity index (χ3n) is 6.57. The van der Waals surface area contributed by atoms with Crippen LogP contribution in [0.1, 0.15) is 35.4 Å². The van der Waals surface area contributed by atoms with Crippen molar-refractivity contribution in [3.63, 3.8) is 0 Å². The maximum Gasteiger partial charge on any atom is 0.225 e. The molecule has 0 unspecified atom stereocenters. The van der Waals surface area contributed by atoms with Gasteiger partial charge in [0.1, 0.15) is 11.8 Å². The van der Waals surface area contributed by atoms with Gasteiger partial charge in [-0.3, -0.25) is 0 Å². The Balaban J connectivity index is 1.26. The van der Waals surface area contributed by atoms with Crippen LogP contribution in [-0.2, 0) is 6.42 Å². The second-order valence-electron chi connectivity index (χ2n) is 8.56. The van der Waals surface area contributed by atoms with Crippen molar-refractivity contribution < 1.29 is 4.42 Å². The minimum Gasteiger partial charge on any atom is -0.458 e. The van der Waals surface area contributed by atoms with Crippen LogP contribution in [0.15, 0.2) is 47.6 Å². The van der Waals surface area contributed by atoms with E-state index in [0.717, 1.165) is 61.8 Å². The fraction of sp³-hybridized carbons (Fsp3) is 0.333. The van der Waals surface area contributed by atoms with Crippen LogP contribution in [0.25, 0.3) is 11.1 Å². The summed E-state index contributed by atoms with van der Waals surface area (Å²) < 4.78 is 6.09. The van der Waals surface area contributed by atoms with Crippen molar-refractivity contribution in [2.24, 2.45) is 0 Å². The first-order chi connectivity index (χ1) is 15.7. The second-order valence-corrected chi connectivity index (χ2v) is 9.00. The average molecular weight is 447 g/mol. The van der Waals surface area contributed by atoms with E-state index in [1.807, 2.05) is 6.26 Å². The van der Waals surface area contributed by atoms with Gasteiger partial charge in [0.05, 0.1) is 23.7 Å². The molecule has 2 aliphatic rings. The van der Waals surface area contributed by atoms with Crippen molar-refractivity contribution >= 4 is 40.2 Å². The third kappa shape index (κ3) is 3.28. The molecule has 1 fully saturated rings. The fourth-order valence-corrected chi connectivity index (χ4v) is 5.05. The molecule has 7 nitrogen and oxygen atoms in total. The number of nitrogens with zero attached hydrogens (tertiary/aromatic N) is 6. The highest BCUT2D eigenvalue weighted by atomic mass is 35.5. The lowest BCUT2D eigenvalue weighted by Crippen LogP contribution is -2.34. The number of aryl methyl sites for hydroxylation is 1. The summed E-state index contributed by atoms with van der Waals surface area (Å²) in [5, 5.41) is 0.555. The summed E-state index contributed by atoms with van der Waals surface area (Å²) >= 11 is 5.92. The number of hydrogen-bond acceptors (Lipinski definition) is 7. The van der Waals surface area contributed by atoms with Gasteiger partial charge in [-0.2, -0.15) is 0 Å². The zero-order valence-electron chi connectivity index (χ0n) is 17.8. The van der Waals surface area contributed by atoms with Crippen molar-refractivity contribution in [2.45, 2.75) is 32.1 Å². The molecule has 0 aliphatic carbocycles. The molecule has 1 aromatic carbocycles. The minimum absolute atomic E-state index is 0.385. The molecule has 32 heavy (non-hydrogen) atoms. The highest BCUT2D eigenvalue weighted by Crippen LogP contribution is 2.40. The monoisotopic (exact) mass is 446 g/mol. The molecule has 162 valence electrons. The summed E-state index contributed by atoms with van der Waals surface area (Å²) in [5.41, 5.74) is 6.74. The van der Waals surface area contributed by atoms with Gasteiger partial charge in [-0.15, -0.1) is 0 Å². The number of furan rings is 1. The largest absolute Gasteiger partial charge is 0.458 e. The van der Waals surface area contributed by atoms with Gasteiger partial charge in [0.2, 0.25) is 5.95 Å². The predicted octanol–water partition coefficient (Wildman–Crippen LogP) is 5.05. The highest BCUT2D eigenvalue weighted by molar-refractivity contribution is 6.30. The Morgan fingerprint density at radius 2 is 1.84 bits per heavy atom. The van der Waals surface area contributed by atoms with Crippen LogP contribution in [0.4, 0.5) is 17.5 Å². The first kappa shape index (κ1) is 19.5. The molecule has 8 heteroatoms. The van der Waals surface area contributed by atoms with E-state index in [-0.39, 0.29) is 0 Å². The van der Waals surface area contributed by atoms with Crippen molar-refractivity contribution in [3.8, 4) is 0 Å². The summed E-state index contributed by atoms with van der Waals surface area (Å²) in [7, 11) is 0. The van der Waals surface area contributed by atoms with Crippen LogP contribution in [0.3, 0.4) is 0 Å². The second kappa shape index (κ2) is 7.74. The van der Waals surface area contributed by atoms with Crippen LogP contribution in [0.2, 0.25) is 5.02 Å². The van der Waals surface area contributed by atoms with E-state index in [4.69, 9.17) is 16.0 Å². The lowest BCUT2D eigenvalue weighted by atomic mass is 9.90. The number of halogens is 1. The zero-order valence-corrected chi connectivity index (χ0v) is 18.6. The average Bonchev–Trinajstić information content (AvgIpc) is 3.44. The Bertz CT molecular complexity index is 1280. The first-order valence-electron chi connectivity index (χ1n) is 11.0. The molecular formula is C24H23ClN6O. The van der Waals surface area contributed by atoms with Crippen LogP contribution < -0.4 is 9.80 Å². The summed E-state index contributed by atoms with van der Waals surface area (Å²) in [4.78, 5) is 22.4. The Labute approximate surface area is 191 Å². The Morgan fingerprint density at radius 3 is 2.66 bits per heavy atom. The van der Waals surface area contributed by atoms with Gasteiger partial charge in [0.15, 0.2) is 11.4 Å². The molecule has 0 radical (unpaired) electrons. The van der Waals surface area contributed by atoms with Crippen molar-refractivity contribution in [3.05, 3.63) is 64.9 Å². The van der Waals surface area contributed by atoms with E-state index >= 15 is 0 Å². The number of rotatable bonds is 3. The van der Waals surface area contributed by atoms with Crippen LogP contribution in [-0.4, -0.2) is 39.6 Å². The molecule has 0 bridgehead atoms. The van der Waals surface area contributed by atoms with E-state index in [9.17, 15) is 0 Å². The number of piperidine rings is 1. The summed E-state index contributed by atoms with van der Waals surface area (Å²) in [6, 6.07) is 6.60. The summed E-state index contributed by atoms with van der Waals surface area (Å²) in [6.45, 7) is 4.81. The fourth-order valence-electron chi connectivity index (χ4n) is 4.95. The highest BCUT2D eigenvalue weighted by Gasteiger charge is 2.29. The molecular weight excluding hydrogens is 424 g/mol. The van der Waals surface area contributed by atoms with Gasteiger partial charge in [-0.05, 0) is 43.7 Å². The van der Waals surface area contributed by atoms with E-state index in [1.54, 1.807) is 18.7 Å². The van der Waals surface area contributed by atoms with Gasteiger partial charge < -0.3 is 14.2 Å². The molecule has 3 aromatic heterocycles. The number of hydrogen-bond donors (Lipinski definition) is 0. The Kier molecular flexibility index (Phi) is 4.72. The number of benzene rings is 1. The van der Waals surface area contributed by atoms with Gasteiger partial charge in [0.25, 0.3) is 0 Å². The maximum absolute atomic E-state index is 6.09. The van der Waals surface area contributed by atoms with Crippen LogP contribution in [0, 0.1) is 6.92 Å². The van der Waals surface area contributed by atoms with Crippen LogP contribution in [0.5, 0.6) is 0 Å². The standard InChI is InChI=1S/C24H23ClN6O/c1-15-2-3-20-17(10-15)6-9-31(20)23-22-21(28-14-29-23)19(13-32-22)16-4-7-30(8-5-16)24-26-11-18(25)12-27-24/h2-3,10-14,16H,4-9H2,1H3. The Hall–Kier alpha value is -3.19. The van der Waals surface area contributed by atoms with E-state index in [0.29, 0.717) is 10.9 Å². The molecule has 5 heterocycles. The molecule has 0 atom stereocenters. The molecule has 0 spiro atoms. The number of fused-ring (bicyclic) bond motifs is 2. The summed E-state index contributed by atoms with van der Waals surface area (Å²) in [6.07, 6.45) is 9.85. The lowest BCUT2D eigenvalue weighted by molar-refractivity contribution is 0.493. The van der Waals surface area contributed by atoms with Crippen LogP contribution >= 0.6 is 11.6 Å². The van der Waals surface area contributed by atoms with Gasteiger partial charge >= 0.3 is 0 Å². The molecule has 0 N–H and O–H groups in total. The molecule has 0 saturated carbocycles. The molecule has 6 rings (SSSR count). The molecule has 4 aromatic rings. The van der Waals surface area contributed by atoms with Crippen molar-refractivity contribution in [2.75, 3.05) is 29.4 Å². The zero-order chi connectivity index (χ0) is 21.7. The third-order valence-corrected chi connectivity index (χ3v) is 6.77.